The molecule has 9 heteroatoms. The molecule has 6 nitrogen and oxygen atoms in total. The highest BCUT2D eigenvalue weighted by molar-refractivity contribution is 7.71. The zero-order valence-electron chi connectivity index (χ0n) is 16.2. The summed E-state index contributed by atoms with van der Waals surface area (Å²) >= 11 is 17.6. The third kappa shape index (κ3) is 5.96. The number of likely N-dealkylation sites (N-methyl/N-ethyl adjacent to an activating group) is 1. The number of ether oxygens (including phenoxy) is 2. The van der Waals surface area contributed by atoms with Crippen LogP contribution in [0.2, 0.25) is 10.0 Å². The molecule has 3 aromatic rings. The highest BCUT2D eigenvalue weighted by Crippen LogP contribution is 2.24. The number of benzene rings is 2. The predicted molar refractivity (Wildman–Crippen MR) is 117 cm³/mol. The Labute approximate surface area is 185 Å². The number of para-hydroxylation sites is 1. The van der Waals surface area contributed by atoms with Gasteiger partial charge in [0.05, 0.1) is 11.7 Å². The van der Waals surface area contributed by atoms with Gasteiger partial charge in [0.1, 0.15) is 24.7 Å². The summed E-state index contributed by atoms with van der Waals surface area (Å²) in [6.45, 7) is 2.05. The quantitative estimate of drug-likeness (QED) is 0.436. The molecule has 0 fully saturated rings. The lowest BCUT2D eigenvalue weighted by atomic mass is 10.3. The van der Waals surface area contributed by atoms with Gasteiger partial charge in [-0.2, -0.15) is 5.10 Å². The second-order valence-corrected chi connectivity index (χ2v) is 7.71. The third-order valence-electron chi connectivity index (χ3n) is 4.24. The molecule has 0 radical (unpaired) electrons. The monoisotopic (exact) mass is 452 g/mol. The molecule has 0 spiro atoms. The van der Waals surface area contributed by atoms with Crippen LogP contribution in [0.25, 0.3) is 0 Å². The van der Waals surface area contributed by atoms with Crippen LogP contribution in [0, 0.1) is 4.77 Å². The maximum atomic E-state index is 6.13. The van der Waals surface area contributed by atoms with Crippen LogP contribution in [0.4, 0.5) is 0 Å². The van der Waals surface area contributed by atoms with E-state index in [9.17, 15) is 0 Å². The second-order valence-electron chi connectivity index (χ2n) is 6.50. The molecular weight excluding hydrogens is 431 g/mol. The van der Waals surface area contributed by atoms with Crippen molar-refractivity contribution in [3.05, 3.63) is 69.2 Å². The summed E-state index contributed by atoms with van der Waals surface area (Å²) in [7, 11) is 3.86. The first-order valence-corrected chi connectivity index (χ1v) is 10.2. The van der Waals surface area contributed by atoms with E-state index in [1.807, 2.05) is 55.1 Å². The Morgan fingerprint density at radius 1 is 1.10 bits per heavy atom. The molecule has 0 unspecified atom stereocenters. The molecule has 1 aromatic heterocycles. The standard InChI is InChI=1S/C20H22Cl2N4O2S/c1-24(10-11-27-16-7-5-6-15(21)12-16)14-26-20(29)25(2)19(23-26)13-28-18-9-4-3-8-17(18)22/h3-9,12H,10-11,13-14H2,1-2H3. The van der Waals surface area contributed by atoms with Crippen molar-refractivity contribution in [2.24, 2.45) is 7.05 Å². The van der Waals surface area contributed by atoms with Crippen LogP contribution in [0.5, 0.6) is 11.5 Å². The molecule has 3 rings (SSSR count). The molecule has 2 aromatic carbocycles. The highest BCUT2D eigenvalue weighted by Gasteiger charge is 2.11. The van der Waals surface area contributed by atoms with Gasteiger partial charge >= 0.3 is 0 Å². The predicted octanol–water partition coefficient (Wildman–Crippen LogP) is 4.81. The van der Waals surface area contributed by atoms with Crippen molar-refractivity contribution >= 4 is 35.4 Å². The molecule has 0 saturated carbocycles. The Morgan fingerprint density at radius 2 is 1.90 bits per heavy atom. The molecule has 0 bridgehead atoms. The summed E-state index contributed by atoms with van der Waals surface area (Å²) in [5, 5.41) is 5.80. The number of halogens is 2. The molecular formula is C20H22Cl2N4O2S. The molecule has 1 heterocycles. The summed E-state index contributed by atoms with van der Waals surface area (Å²) in [5.41, 5.74) is 0. The van der Waals surface area contributed by atoms with Crippen LogP contribution < -0.4 is 9.47 Å². The second kappa shape index (κ2) is 10.1. The summed E-state index contributed by atoms with van der Waals surface area (Å²) in [6.07, 6.45) is 0. The van der Waals surface area contributed by atoms with Gasteiger partial charge in [-0.15, -0.1) is 0 Å². The summed E-state index contributed by atoms with van der Waals surface area (Å²) < 4.78 is 15.7. The summed E-state index contributed by atoms with van der Waals surface area (Å²) in [4.78, 5) is 2.08. The van der Waals surface area contributed by atoms with E-state index in [1.54, 1.807) is 16.8 Å². The minimum atomic E-state index is 0.276. The van der Waals surface area contributed by atoms with Crippen molar-refractivity contribution in [3.63, 3.8) is 0 Å². The Hall–Kier alpha value is -2.06. The largest absolute Gasteiger partial charge is 0.492 e. The number of aromatic nitrogens is 3. The zero-order valence-corrected chi connectivity index (χ0v) is 18.5. The van der Waals surface area contributed by atoms with Gasteiger partial charge in [0, 0.05) is 18.6 Å². The Balaban J connectivity index is 1.54. The van der Waals surface area contributed by atoms with E-state index in [1.165, 1.54) is 0 Å². The zero-order chi connectivity index (χ0) is 20.8. The van der Waals surface area contributed by atoms with Gasteiger partial charge in [-0.25, -0.2) is 4.68 Å². The molecule has 154 valence electrons. The van der Waals surface area contributed by atoms with Gasteiger partial charge in [0.2, 0.25) is 0 Å². The number of hydrogen-bond donors (Lipinski definition) is 0. The molecule has 0 N–H and O–H groups in total. The average molecular weight is 453 g/mol. The van der Waals surface area contributed by atoms with Crippen molar-refractivity contribution in [1.82, 2.24) is 19.2 Å². The highest BCUT2D eigenvalue weighted by atomic mass is 35.5. The first-order chi connectivity index (χ1) is 13.9. The van der Waals surface area contributed by atoms with Crippen LogP contribution in [-0.2, 0) is 20.3 Å². The van der Waals surface area contributed by atoms with E-state index >= 15 is 0 Å². The van der Waals surface area contributed by atoms with Gasteiger partial charge in [-0.1, -0.05) is 41.4 Å². The lowest BCUT2D eigenvalue weighted by Crippen LogP contribution is -2.27. The fraction of sp³-hybridized carbons (Fsp3) is 0.300. The van der Waals surface area contributed by atoms with E-state index in [2.05, 4.69) is 10.00 Å². The Bertz CT molecular complexity index is 1020. The van der Waals surface area contributed by atoms with Crippen molar-refractivity contribution in [3.8, 4) is 11.5 Å². The van der Waals surface area contributed by atoms with Crippen LogP contribution in [0.15, 0.2) is 48.5 Å². The van der Waals surface area contributed by atoms with Gasteiger partial charge in [0.25, 0.3) is 0 Å². The van der Waals surface area contributed by atoms with E-state index in [0.717, 1.165) is 11.6 Å². The van der Waals surface area contributed by atoms with Crippen molar-refractivity contribution in [2.45, 2.75) is 13.3 Å². The van der Waals surface area contributed by atoms with Crippen molar-refractivity contribution < 1.29 is 9.47 Å². The van der Waals surface area contributed by atoms with E-state index in [0.29, 0.717) is 40.4 Å². The van der Waals surface area contributed by atoms with Crippen LogP contribution in [0.3, 0.4) is 0 Å². The molecule has 29 heavy (non-hydrogen) atoms. The van der Waals surface area contributed by atoms with Crippen LogP contribution in [0.1, 0.15) is 5.82 Å². The van der Waals surface area contributed by atoms with Crippen LogP contribution in [-0.4, -0.2) is 39.4 Å². The number of hydrogen-bond acceptors (Lipinski definition) is 5. The number of rotatable bonds is 9. The molecule has 0 amide bonds. The lowest BCUT2D eigenvalue weighted by Gasteiger charge is -2.16. The molecule has 0 aliphatic rings. The topological polar surface area (TPSA) is 44.4 Å². The normalized spacial score (nSPS) is 11.1. The van der Waals surface area contributed by atoms with Gasteiger partial charge < -0.3 is 14.0 Å². The molecule has 0 aliphatic carbocycles. The van der Waals surface area contributed by atoms with Crippen LogP contribution >= 0.6 is 35.4 Å². The minimum absolute atomic E-state index is 0.276. The number of nitrogens with zero attached hydrogens (tertiary/aromatic N) is 4. The van der Waals surface area contributed by atoms with E-state index < -0.39 is 0 Å². The first-order valence-electron chi connectivity index (χ1n) is 9.01. The lowest BCUT2D eigenvalue weighted by molar-refractivity contribution is 0.197. The van der Waals surface area contributed by atoms with Gasteiger partial charge in [-0.05, 0) is 49.6 Å². The van der Waals surface area contributed by atoms with Crippen molar-refractivity contribution in [1.29, 1.82) is 0 Å². The third-order valence-corrected chi connectivity index (χ3v) is 5.27. The molecule has 0 saturated heterocycles. The van der Waals surface area contributed by atoms with E-state index in [4.69, 9.17) is 44.9 Å². The van der Waals surface area contributed by atoms with Gasteiger partial charge in [-0.3, -0.25) is 4.90 Å². The fourth-order valence-corrected chi connectivity index (χ4v) is 3.20. The molecule has 0 aliphatic heterocycles. The Morgan fingerprint density at radius 3 is 2.66 bits per heavy atom. The first kappa shape index (κ1) is 21.6. The summed E-state index contributed by atoms with van der Waals surface area (Å²) in [6, 6.07) is 14.7. The minimum Gasteiger partial charge on any atom is -0.492 e. The van der Waals surface area contributed by atoms with Crippen molar-refractivity contribution in [2.75, 3.05) is 20.2 Å². The SMILES string of the molecule is CN(CCOc1cccc(Cl)c1)Cn1nc(COc2ccccc2Cl)n(C)c1=S. The maximum absolute atomic E-state index is 6.13. The fourth-order valence-electron chi connectivity index (χ4n) is 2.63. The molecule has 0 atom stereocenters. The van der Waals surface area contributed by atoms with Gasteiger partial charge in [0.15, 0.2) is 10.6 Å². The average Bonchev–Trinajstić information content (AvgIpc) is 2.95. The smallest absolute Gasteiger partial charge is 0.198 e. The maximum Gasteiger partial charge on any atom is 0.198 e. The summed E-state index contributed by atoms with van der Waals surface area (Å²) in [5.74, 6) is 2.09. The van der Waals surface area contributed by atoms with E-state index in [-0.39, 0.29) is 6.61 Å². The Kier molecular flexibility index (Phi) is 7.55.